The Kier molecular flexibility index (Phi) is 5.22. The van der Waals surface area contributed by atoms with Crippen LogP contribution >= 0.6 is 0 Å². The minimum atomic E-state index is -0.175. The van der Waals surface area contributed by atoms with Gasteiger partial charge in [0.2, 0.25) is 5.95 Å². The number of piperidine rings is 1. The van der Waals surface area contributed by atoms with E-state index in [0.29, 0.717) is 12.1 Å². The van der Waals surface area contributed by atoms with Gasteiger partial charge in [0.25, 0.3) is 5.91 Å². The van der Waals surface area contributed by atoms with E-state index >= 15 is 0 Å². The van der Waals surface area contributed by atoms with Crippen LogP contribution < -0.4 is 10.2 Å². The molecule has 0 spiro atoms. The van der Waals surface area contributed by atoms with Gasteiger partial charge in [-0.15, -0.1) is 5.10 Å². The maximum absolute atomic E-state index is 12.6. The number of benzene rings is 1. The van der Waals surface area contributed by atoms with E-state index in [2.05, 4.69) is 35.7 Å². The molecule has 0 radical (unpaired) electrons. The molecule has 1 fully saturated rings. The molecule has 0 saturated carbocycles. The summed E-state index contributed by atoms with van der Waals surface area (Å²) in [5.74, 6) is 0.579. The summed E-state index contributed by atoms with van der Waals surface area (Å²) in [6.07, 6.45) is 5.08. The zero-order valence-corrected chi connectivity index (χ0v) is 15.7. The predicted molar refractivity (Wildman–Crippen MR) is 103 cm³/mol. The Bertz CT molecular complexity index is 950. The van der Waals surface area contributed by atoms with Crippen LogP contribution in [-0.2, 0) is 6.54 Å². The maximum Gasteiger partial charge on any atom is 0.251 e. The van der Waals surface area contributed by atoms with Crippen molar-refractivity contribution in [1.82, 2.24) is 35.5 Å². The number of anilines is 1. The first-order valence-electron chi connectivity index (χ1n) is 9.40. The topological polar surface area (TPSA) is 102 Å². The summed E-state index contributed by atoms with van der Waals surface area (Å²) in [5, 5.41) is 14.0. The van der Waals surface area contributed by atoms with E-state index in [1.165, 1.54) is 30.3 Å². The fourth-order valence-electron chi connectivity index (χ4n) is 3.28. The molecule has 3 heterocycles. The van der Waals surface area contributed by atoms with Gasteiger partial charge in [-0.1, -0.05) is 6.07 Å². The van der Waals surface area contributed by atoms with E-state index in [9.17, 15) is 4.79 Å². The van der Waals surface area contributed by atoms with Crippen molar-refractivity contribution in [1.29, 1.82) is 0 Å². The van der Waals surface area contributed by atoms with Gasteiger partial charge in [-0.05, 0) is 60.9 Å². The monoisotopic (exact) mass is 378 g/mol. The fraction of sp³-hybridized carbons (Fsp3) is 0.368. The Morgan fingerprint density at radius 3 is 2.79 bits per heavy atom. The number of amides is 1. The number of nitrogens with zero attached hydrogens (tertiary/aromatic N) is 7. The number of nitrogens with one attached hydrogen (secondary N) is 1. The number of aromatic nitrogens is 6. The number of tetrazole rings is 1. The van der Waals surface area contributed by atoms with E-state index in [1.54, 1.807) is 18.2 Å². The molecule has 9 heteroatoms. The van der Waals surface area contributed by atoms with Crippen LogP contribution in [0.3, 0.4) is 0 Å². The molecule has 9 nitrogen and oxygen atoms in total. The number of aryl methyl sites for hydroxylation is 1. The summed E-state index contributed by atoms with van der Waals surface area (Å²) in [7, 11) is 0. The Balaban J connectivity index is 1.45. The van der Waals surface area contributed by atoms with Crippen LogP contribution in [-0.4, -0.2) is 49.2 Å². The average Bonchev–Trinajstić information content (AvgIpc) is 3.27. The Labute approximate surface area is 162 Å². The second-order valence-electron chi connectivity index (χ2n) is 6.84. The molecule has 3 aromatic rings. The summed E-state index contributed by atoms with van der Waals surface area (Å²) >= 11 is 0. The fourth-order valence-corrected chi connectivity index (χ4v) is 3.28. The first-order chi connectivity index (χ1) is 13.7. The molecule has 4 rings (SSSR count). The lowest BCUT2D eigenvalue weighted by atomic mass is 10.1. The quantitative estimate of drug-likeness (QED) is 0.721. The summed E-state index contributed by atoms with van der Waals surface area (Å²) < 4.78 is 1.51. The Hall–Kier alpha value is -3.36. The van der Waals surface area contributed by atoms with Crippen molar-refractivity contribution in [2.45, 2.75) is 32.7 Å². The standard InChI is InChI=1S/C19H22N8O/c1-14-10-16(23-19(22-14)26-8-3-2-4-9-26)12-20-18(28)15-6-5-7-17(11-15)27-13-21-24-25-27/h5-7,10-11,13H,2-4,8-9,12H2,1H3,(H,20,28). The number of rotatable bonds is 5. The van der Waals surface area contributed by atoms with Gasteiger partial charge in [0.05, 0.1) is 17.9 Å². The normalized spacial score (nSPS) is 14.1. The summed E-state index contributed by atoms with van der Waals surface area (Å²) in [6, 6.07) is 9.05. The van der Waals surface area contributed by atoms with Gasteiger partial charge >= 0.3 is 0 Å². The maximum atomic E-state index is 12.6. The molecule has 1 aliphatic heterocycles. The smallest absolute Gasteiger partial charge is 0.251 e. The molecular weight excluding hydrogens is 356 g/mol. The van der Waals surface area contributed by atoms with Gasteiger partial charge in [0.15, 0.2) is 0 Å². The van der Waals surface area contributed by atoms with Gasteiger partial charge in [-0.2, -0.15) is 0 Å². The molecule has 0 atom stereocenters. The highest BCUT2D eigenvalue weighted by Gasteiger charge is 2.15. The first-order valence-corrected chi connectivity index (χ1v) is 9.40. The van der Waals surface area contributed by atoms with Gasteiger partial charge in [0.1, 0.15) is 6.33 Å². The predicted octanol–water partition coefficient (Wildman–Crippen LogP) is 1.68. The van der Waals surface area contributed by atoms with Gasteiger partial charge < -0.3 is 10.2 Å². The molecule has 1 aromatic carbocycles. The van der Waals surface area contributed by atoms with Crippen LogP contribution in [0.5, 0.6) is 0 Å². The van der Waals surface area contributed by atoms with Crippen molar-refractivity contribution < 1.29 is 4.79 Å². The van der Waals surface area contributed by atoms with Crippen LogP contribution in [0.25, 0.3) is 5.69 Å². The molecule has 1 amide bonds. The minimum absolute atomic E-state index is 0.175. The highest BCUT2D eigenvalue weighted by Crippen LogP contribution is 2.17. The Morgan fingerprint density at radius 1 is 1.14 bits per heavy atom. The first kappa shape index (κ1) is 18.0. The van der Waals surface area contributed by atoms with Crippen molar-refractivity contribution in [3.05, 3.63) is 53.6 Å². The second-order valence-corrected chi connectivity index (χ2v) is 6.84. The van der Waals surface area contributed by atoms with Crippen LogP contribution in [0, 0.1) is 6.92 Å². The van der Waals surface area contributed by atoms with E-state index in [1.807, 2.05) is 19.1 Å². The van der Waals surface area contributed by atoms with Gasteiger partial charge in [0, 0.05) is 24.3 Å². The van der Waals surface area contributed by atoms with E-state index in [-0.39, 0.29) is 5.91 Å². The SMILES string of the molecule is Cc1cc(CNC(=O)c2cccc(-n3cnnn3)c2)nc(N2CCCCC2)n1. The molecule has 2 aromatic heterocycles. The molecule has 1 saturated heterocycles. The summed E-state index contributed by atoms with van der Waals surface area (Å²) in [5.41, 5.74) is 2.97. The number of carbonyl (C=O) groups excluding carboxylic acids is 1. The van der Waals surface area contributed by atoms with Crippen LogP contribution in [0.2, 0.25) is 0 Å². The zero-order valence-electron chi connectivity index (χ0n) is 15.7. The molecular formula is C19H22N8O. The van der Waals surface area contributed by atoms with Crippen molar-refractivity contribution in [2.24, 2.45) is 0 Å². The molecule has 144 valence electrons. The molecule has 28 heavy (non-hydrogen) atoms. The van der Waals surface area contributed by atoms with E-state index < -0.39 is 0 Å². The Morgan fingerprint density at radius 2 is 2.00 bits per heavy atom. The third-order valence-corrected chi connectivity index (χ3v) is 4.69. The zero-order chi connectivity index (χ0) is 19.3. The van der Waals surface area contributed by atoms with Crippen LogP contribution in [0.15, 0.2) is 36.7 Å². The molecule has 0 bridgehead atoms. The van der Waals surface area contributed by atoms with Crippen LogP contribution in [0.1, 0.15) is 41.0 Å². The third-order valence-electron chi connectivity index (χ3n) is 4.69. The summed E-state index contributed by atoms with van der Waals surface area (Å²) in [4.78, 5) is 24.0. The van der Waals surface area contributed by atoms with Crippen LogP contribution in [0.4, 0.5) is 5.95 Å². The number of hydrogen-bond donors (Lipinski definition) is 1. The molecule has 0 unspecified atom stereocenters. The minimum Gasteiger partial charge on any atom is -0.346 e. The van der Waals surface area contributed by atoms with Crippen molar-refractivity contribution >= 4 is 11.9 Å². The van der Waals surface area contributed by atoms with Crippen molar-refractivity contribution in [2.75, 3.05) is 18.0 Å². The summed E-state index contributed by atoms with van der Waals surface area (Å²) in [6.45, 7) is 4.27. The number of carbonyl (C=O) groups is 1. The lowest BCUT2D eigenvalue weighted by Gasteiger charge is -2.27. The van der Waals surface area contributed by atoms with Gasteiger partial charge in [-0.3, -0.25) is 4.79 Å². The average molecular weight is 378 g/mol. The number of hydrogen-bond acceptors (Lipinski definition) is 7. The van der Waals surface area contributed by atoms with E-state index in [4.69, 9.17) is 0 Å². The highest BCUT2D eigenvalue weighted by atomic mass is 16.1. The van der Waals surface area contributed by atoms with Crippen molar-refractivity contribution in [3.8, 4) is 5.69 Å². The van der Waals surface area contributed by atoms with E-state index in [0.717, 1.165) is 36.1 Å². The lowest BCUT2D eigenvalue weighted by molar-refractivity contribution is 0.0950. The molecule has 1 N–H and O–H groups in total. The van der Waals surface area contributed by atoms with Gasteiger partial charge in [-0.25, -0.2) is 14.6 Å². The lowest BCUT2D eigenvalue weighted by Crippen LogP contribution is -2.32. The molecule has 1 aliphatic rings. The second kappa shape index (κ2) is 8.12. The third kappa shape index (κ3) is 4.13. The molecule has 0 aliphatic carbocycles. The largest absolute Gasteiger partial charge is 0.346 e. The van der Waals surface area contributed by atoms with Crippen molar-refractivity contribution in [3.63, 3.8) is 0 Å². The highest BCUT2D eigenvalue weighted by molar-refractivity contribution is 5.94.